The molecule has 0 bridgehead atoms. The number of hydrogen-bond donors (Lipinski definition) is 1. The van der Waals surface area contributed by atoms with Crippen LogP contribution in [-0.2, 0) is 4.74 Å². The van der Waals surface area contributed by atoms with Crippen LogP contribution in [0.5, 0.6) is 5.75 Å². The summed E-state index contributed by atoms with van der Waals surface area (Å²) in [6, 6.07) is 15.6. The molecule has 1 atom stereocenters. The van der Waals surface area contributed by atoms with E-state index in [1.807, 2.05) is 37.3 Å². The number of methoxy groups -OCH3 is 1. The quantitative estimate of drug-likeness (QED) is 0.867. The number of carbonyl (C=O) groups is 1. The molecule has 1 aliphatic heterocycles. The predicted molar refractivity (Wildman–Crippen MR) is 102 cm³/mol. The number of carbonyl (C=O) groups excluding carboxylic acids is 1. The predicted octanol–water partition coefficient (Wildman–Crippen LogP) is 2.81. The fourth-order valence-corrected chi connectivity index (χ4v) is 3.16. The molecule has 1 heterocycles. The summed E-state index contributed by atoms with van der Waals surface area (Å²) < 4.78 is 10.8. The van der Waals surface area contributed by atoms with Crippen molar-refractivity contribution >= 4 is 5.91 Å². The van der Waals surface area contributed by atoms with Gasteiger partial charge in [0.1, 0.15) is 5.75 Å². The lowest BCUT2D eigenvalue weighted by atomic mass is 10.0. The second kappa shape index (κ2) is 8.83. The fraction of sp³-hybridized carbons (Fsp3) is 0.381. The summed E-state index contributed by atoms with van der Waals surface area (Å²) >= 11 is 0. The molecule has 0 aliphatic carbocycles. The molecule has 0 spiro atoms. The van der Waals surface area contributed by atoms with Gasteiger partial charge in [0, 0.05) is 25.2 Å². The molecule has 1 amide bonds. The Morgan fingerprint density at radius 1 is 1.19 bits per heavy atom. The van der Waals surface area contributed by atoms with Gasteiger partial charge in [-0.15, -0.1) is 0 Å². The van der Waals surface area contributed by atoms with Crippen molar-refractivity contribution in [3.8, 4) is 5.75 Å². The summed E-state index contributed by atoms with van der Waals surface area (Å²) in [5.74, 6) is 0.632. The Labute approximate surface area is 154 Å². The summed E-state index contributed by atoms with van der Waals surface area (Å²) in [7, 11) is 1.62. The second-order valence-electron chi connectivity index (χ2n) is 6.53. The normalized spacial score (nSPS) is 16.1. The lowest BCUT2D eigenvalue weighted by Crippen LogP contribution is -2.43. The van der Waals surface area contributed by atoms with Crippen LogP contribution in [0.1, 0.15) is 27.5 Å². The van der Waals surface area contributed by atoms with Crippen molar-refractivity contribution < 1.29 is 14.3 Å². The number of hydrogen-bond acceptors (Lipinski definition) is 4. The molecule has 3 rings (SSSR count). The molecule has 5 heteroatoms. The number of morpholine rings is 1. The number of ether oxygens (including phenoxy) is 2. The molecule has 5 nitrogen and oxygen atoms in total. The Hall–Kier alpha value is -2.37. The number of aryl methyl sites for hydroxylation is 1. The second-order valence-corrected chi connectivity index (χ2v) is 6.53. The van der Waals surface area contributed by atoms with Gasteiger partial charge in [0.05, 0.1) is 26.4 Å². The maximum absolute atomic E-state index is 12.8. The highest BCUT2D eigenvalue weighted by Gasteiger charge is 2.21. The van der Waals surface area contributed by atoms with Crippen LogP contribution in [0.2, 0.25) is 0 Å². The van der Waals surface area contributed by atoms with E-state index in [0.717, 1.165) is 49.7 Å². The van der Waals surface area contributed by atoms with Crippen molar-refractivity contribution in [2.45, 2.75) is 13.0 Å². The van der Waals surface area contributed by atoms with Gasteiger partial charge in [0.15, 0.2) is 0 Å². The first-order chi connectivity index (χ1) is 12.7. The minimum atomic E-state index is -0.0922. The Kier molecular flexibility index (Phi) is 6.26. The minimum absolute atomic E-state index is 0.0749. The molecular formula is C21H26N2O3. The molecule has 0 aromatic heterocycles. The third-order valence-corrected chi connectivity index (χ3v) is 4.72. The third-order valence-electron chi connectivity index (χ3n) is 4.72. The standard InChI is InChI=1S/C21H26N2O3/c1-16-8-9-18(14-20(16)25-2)21(24)22-19(17-6-4-3-5-7-17)15-23-10-12-26-13-11-23/h3-9,14,19H,10-13,15H2,1-2H3,(H,22,24)/t19-/m1/s1. The summed E-state index contributed by atoms with van der Waals surface area (Å²) in [5.41, 5.74) is 2.72. The lowest BCUT2D eigenvalue weighted by Gasteiger charge is -2.31. The van der Waals surface area contributed by atoms with Crippen LogP contribution < -0.4 is 10.1 Å². The van der Waals surface area contributed by atoms with E-state index in [2.05, 4.69) is 22.3 Å². The SMILES string of the molecule is COc1cc(C(=O)N[C@H](CN2CCOCC2)c2ccccc2)ccc1C. The van der Waals surface area contributed by atoms with E-state index < -0.39 is 0 Å². The third kappa shape index (κ3) is 4.62. The van der Waals surface area contributed by atoms with E-state index in [-0.39, 0.29) is 11.9 Å². The summed E-state index contributed by atoms with van der Waals surface area (Å²) in [5, 5.41) is 3.19. The van der Waals surface area contributed by atoms with Crippen molar-refractivity contribution in [3.63, 3.8) is 0 Å². The molecular weight excluding hydrogens is 328 g/mol. The van der Waals surface area contributed by atoms with Gasteiger partial charge in [-0.3, -0.25) is 9.69 Å². The lowest BCUT2D eigenvalue weighted by molar-refractivity contribution is 0.0332. The van der Waals surface area contributed by atoms with Crippen LogP contribution in [0, 0.1) is 6.92 Å². The Morgan fingerprint density at radius 3 is 2.62 bits per heavy atom. The van der Waals surface area contributed by atoms with Gasteiger partial charge >= 0.3 is 0 Å². The van der Waals surface area contributed by atoms with Gasteiger partial charge in [-0.2, -0.15) is 0 Å². The van der Waals surface area contributed by atoms with E-state index in [9.17, 15) is 4.79 Å². The molecule has 0 saturated carbocycles. The first-order valence-corrected chi connectivity index (χ1v) is 8.98. The van der Waals surface area contributed by atoms with Crippen LogP contribution in [0.15, 0.2) is 48.5 Å². The molecule has 2 aromatic carbocycles. The molecule has 138 valence electrons. The molecule has 26 heavy (non-hydrogen) atoms. The molecule has 0 radical (unpaired) electrons. The van der Waals surface area contributed by atoms with Crippen LogP contribution in [0.3, 0.4) is 0 Å². The van der Waals surface area contributed by atoms with E-state index in [0.29, 0.717) is 5.56 Å². The van der Waals surface area contributed by atoms with Gasteiger partial charge in [-0.1, -0.05) is 36.4 Å². The van der Waals surface area contributed by atoms with Crippen molar-refractivity contribution in [3.05, 3.63) is 65.2 Å². The molecule has 1 fully saturated rings. The average molecular weight is 354 g/mol. The fourth-order valence-electron chi connectivity index (χ4n) is 3.16. The maximum atomic E-state index is 12.8. The molecule has 1 saturated heterocycles. The summed E-state index contributed by atoms with van der Waals surface area (Å²) in [6.45, 7) is 5.98. The summed E-state index contributed by atoms with van der Waals surface area (Å²) in [6.07, 6.45) is 0. The van der Waals surface area contributed by atoms with Gasteiger partial charge in [0.25, 0.3) is 5.91 Å². The highest BCUT2D eigenvalue weighted by Crippen LogP contribution is 2.21. The molecule has 1 N–H and O–H groups in total. The van der Waals surface area contributed by atoms with Crippen LogP contribution in [0.4, 0.5) is 0 Å². The number of benzene rings is 2. The van der Waals surface area contributed by atoms with E-state index in [1.54, 1.807) is 13.2 Å². The largest absolute Gasteiger partial charge is 0.496 e. The van der Waals surface area contributed by atoms with E-state index >= 15 is 0 Å². The zero-order chi connectivity index (χ0) is 18.4. The zero-order valence-electron chi connectivity index (χ0n) is 15.4. The Bertz CT molecular complexity index is 727. The highest BCUT2D eigenvalue weighted by molar-refractivity contribution is 5.95. The van der Waals surface area contributed by atoms with Gasteiger partial charge in [0.2, 0.25) is 0 Å². The van der Waals surface area contributed by atoms with Crippen molar-refractivity contribution in [2.75, 3.05) is 40.0 Å². The van der Waals surface area contributed by atoms with E-state index in [4.69, 9.17) is 9.47 Å². The van der Waals surface area contributed by atoms with Crippen molar-refractivity contribution in [1.82, 2.24) is 10.2 Å². The Morgan fingerprint density at radius 2 is 1.92 bits per heavy atom. The number of nitrogens with zero attached hydrogens (tertiary/aromatic N) is 1. The average Bonchev–Trinajstić information content (AvgIpc) is 2.69. The first-order valence-electron chi connectivity index (χ1n) is 8.98. The monoisotopic (exact) mass is 354 g/mol. The molecule has 1 aliphatic rings. The zero-order valence-corrected chi connectivity index (χ0v) is 15.4. The first kappa shape index (κ1) is 18.4. The smallest absolute Gasteiger partial charge is 0.251 e. The molecule has 0 unspecified atom stereocenters. The van der Waals surface area contributed by atoms with Gasteiger partial charge in [-0.25, -0.2) is 0 Å². The van der Waals surface area contributed by atoms with Crippen LogP contribution >= 0.6 is 0 Å². The van der Waals surface area contributed by atoms with Gasteiger partial charge in [-0.05, 0) is 30.2 Å². The van der Waals surface area contributed by atoms with Crippen LogP contribution in [0.25, 0.3) is 0 Å². The number of nitrogens with one attached hydrogen (secondary N) is 1. The summed E-state index contributed by atoms with van der Waals surface area (Å²) in [4.78, 5) is 15.2. The highest BCUT2D eigenvalue weighted by atomic mass is 16.5. The Balaban J connectivity index is 1.77. The van der Waals surface area contributed by atoms with E-state index in [1.165, 1.54) is 0 Å². The topological polar surface area (TPSA) is 50.8 Å². The molecule has 2 aromatic rings. The number of amides is 1. The van der Waals surface area contributed by atoms with Crippen LogP contribution in [-0.4, -0.2) is 50.8 Å². The van der Waals surface area contributed by atoms with Gasteiger partial charge < -0.3 is 14.8 Å². The maximum Gasteiger partial charge on any atom is 0.251 e. The number of rotatable bonds is 6. The van der Waals surface area contributed by atoms with Crippen molar-refractivity contribution in [1.29, 1.82) is 0 Å². The minimum Gasteiger partial charge on any atom is -0.496 e. The van der Waals surface area contributed by atoms with Crippen molar-refractivity contribution in [2.24, 2.45) is 0 Å².